The van der Waals surface area contributed by atoms with Crippen LogP contribution in [-0.4, -0.2) is 25.2 Å². The van der Waals surface area contributed by atoms with Gasteiger partial charge in [-0.25, -0.2) is 9.59 Å². The number of ether oxygens (including phenoxy) is 2. The molecule has 0 aromatic heterocycles. The van der Waals surface area contributed by atoms with Gasteiger partial charge in [0, 0.05) is 7.05 Å². The highest BCUT2D eigenvalue weighted by atomic mass is 16.6. The molecule has 2 aromatic rings. The number of guanidine groups is 1. The molecule has 2 amide bonds. The van der Waals surface area contributed by atoms with E-state index in [0.29, 0.717) is 0 Å². The molecule has 0 spiro atoms. The van der Waals surface area contributed by atoms with Gasteiger partial charge in [0.05, 0.1) is 0 Å². The van der Waals surface area contributed by atoms with Gasteiger partial charge in [-0.2, -0.15) is 0 Å². The fourth-order valence-corrected chi connectivity index (χ4v) is 1.85. The Bertz CT molecular complexity index is 658. The second-order valence-electron chi connectivity index (χ2n) is 4.95. The summed E-state index contributed by atoms with van der Waals surface area (Å²) < 4.78 is 10.1. The topological polar surface area (TPSA) is 89.0 Å². The lowest BCUT2D eigenvalue weighted by molar-refractivity contribution is 0.141. The maximum atomic E-state index is 11.7. The van der Waals surface area contributed by atoms with E-state index >= 15 is 0 Å². The summed E-state index contributed by atoms with van der Waals surface area (Å²) in [6, 6.07) is 18.5. The van der Waals surface area contributed by atoms with E-state index in [2.05, 4.69) is 15.6 Å². The number of carbonyl (C=O) groups is 2. The summed E-state index contributed by atoms with van der Waals surface area (Å²) in [5.74, 6) is -0.0591. The van der Waals surface area contributed by atoms with Gasteiger partial charge in [-0.05, 0) is 11.1 Å². The number of rotatable bonds is 4. The summed E-state index contributed by atoms with van der Waals surface area (Å²) in [5.41, 5.74) is 1.70. The minimum Gasteiger partial charge on any atom is -0.444 e. The molecule has 0 saturated carbocycles. The van der Waals surface area contributed by atoms with Crippen molar-refractivity contribution in [3.05, 3.63) is 71.8 Å². The third-order valence-corrected chi connectivity index (χ3v) is 3.09. The molecule has 0 unspecified atom stereocenters. The number of nitrogens with one attached hydrogen (secondary N) is 2. The third kappa shape index (κ3) is 6.74. The van der Waals surface area contributed by atoms with Gasteiger partial charge >= 0.3 is 12.2 Å². The molecular weight excluding hydrogens is 322 g/mol. The first kappa shape index (κ1) is 18.0. The maximum Gasteiger partial charge on any atom is 0.414 e. The molecule has 7 nitrogen and oxygen atoms in total. The molecule has 0 aliphatic carbocycles. The van der Waals surface area contributed by atoms with Gasteiger partial charge in [-0.3, -0.25) is 15.6 Å². The zero-order chi connectivity index (χ0) is 17.9. The van der Waals surface area contributed by atoms with Crippen molar-refractivity contribution in [1.29, 1.82) is 0 Å². The lowest BCUT2D eigenvalue weighted by Gasteiger charge is -2.11. The summed E-state index contributed by atoms with van der Waals surface area (Å²) in [5, 5.41) is 4.69. The van der Waals surface area contributed by atoms with E-state index in [1.807, 2.05) is 60.7 Å². The molecule has 0 heterocycles. The minimum atomic E-state index is -0.729. The van der Waals surface area contributed by atoms with Crippen LogP contribution in [0.3, 0.4) is 0 Å². The normalized spacial score (nSPS) is 9.64. The Morgan fingerprint density at radius 2 is 1.20 bits per heavy atom. The van der Waals surface area contributed by atoms with Crippen LogP contribution in [0.15, 0.2) is 65.7 Å². The average molecular weight is 341 g/mol. The number of carbonyl (C=O) groups excluding carboxylic acids is 2. The third-order valence-electron chi connectivity index (χ3n) is 3.09. The highest BCUT2D eigenvalue weighted by Gasteiger charge is 2.11. The van der Waals surface area contributed by atoms with Crippen LogP contribution in [0, 0.1) is 0 Å². The first-order chi connectivity index (χ1) is 12.2. The molecule has 25 heavy (non-hydrogen) atoms. The summed E-state index contributed by atoms with van der Waals surface area (Å²) in [4.78, 5) is 27.3. The van der Waals surface area contributed by atoms with E-state index in [0.717, 1.165) is 11.1 Å². The summed E-state index contributed by atoms with van der Waals surface area (Å²) in [6.07, 6.45) is -1.46. The maximum absolute atomic E-state index is 11.7. The quantitative estimate of drug-likeness (QED) is 0.661. The fraction of sp³-hybridized carbons (Fsp3) is 0.167. The molecule has 2 aromatic carbocycles. The van der Waals surface area contributed by atoms with E-state index in [-0.39, 0.29) is 19.2 Å². The summed E-state index contributed by atoms with van der Waals surface area (Å²) in [7, 11) is 1.42. The van der Waals surface area contributed by atoms with E-state index in [9.17, 15) is 9.59 Å². The van der Waals surface area contributed by atoms with Crippen LogP contribution >= 0.6 is 0 Å². The number of aliphatic imine (C=N–C) groups is 1. The van der Waals surface area contributed by atoms with E-state index in [4.69, 9.17) is 9.47 Å². The number of nitrogens with zero attached hydrogens (tertiary/aromatic N) is 1. The molecule has 0 aliphatic heterocycles. The van der Waals surface area contributed by atoms with Crippen LogP contribution in [-0.2, 0) is 22.7 Å². The van der Waals surface area contributed by atoms with Crippen molar-refractivity contribution < 1.29 is 19.1 Å². The van der Waals surface area contributed by atoms with Crippen molar-refractivity contribution in [2.24, 2.45) is 4.99 Å². The molecule has 2 rings (SSSR count). The Labute approximate surface area is 145 Å². The zero-order valence-electron chi connectivity index (χ0n) is 13.8. The van der Waals surface area contributed by atoms with Crippen LogP contribution in [0.4, 0.5) is 9.59 Å². The van der Waals surface area contributed by atoms with Gasteiger partial charge in [0.2, 0.25) is 5.96 Å². The van der Waals surface area contributed by atoms with Crippen molar-refractivity contribution in [2.75, 3.05) is 7.05 Å². The summed E-state index contributed by atoms with van der Waals surface area (Å²) >= 11 is 0. The average Bonchev–Trinajstić information content (AvgIpc) is 2.66. The second kappa shape index (κ2) is 9.71. The fourth-order valence-electron chi connectivity index (χ4n) is 1.85. The van der Waals surface area contributed by atoms with Gasteiger partial charge in [0.25, 0.3) is 0 Å². The first-order valence-electron chi connectivity index (χ1n) is 7.59. The van der Waals surface area contributed by atoms with Crippen molar-refractivity contribution in [2.45, 2.75) is 13.2 Å². The molecule has 0 saturated heterocycles. The predicted molar refractivity (Wildman–Crippen MR) is 92.9 cm³/mol. The van der Waals surface area contributed by atoms with Crippen LogP contribution in [0.5, 0.6) is 0 Å². The molecule has 0 aliphatic rings. The highest BCUT2D eigenvalue weighted by Crippen LogP contribution is 2.01. The standard InChI is InChI=1S/C18H19N3O4/c1-19-16(20-17(22)24-12-14-8-4-2-5-9-14)21-18(23)25-13-15-10-6-3-7-11-15/h2-11H,12-13H2,1H3,(H2,19,20,21,22,23). The van der Waals surface area contributed by atoms with Crippen molar-refractivity contribution in [3.8, 4) is 0 Å². The number of benzene rings is 2. The van der Waals surface area contributed by atoms with Gasteiger partial charge in [0.15, 0.2) is 0 Å². The molecule has 0 atom stereocenters. The molecule has 7 heteroatoms. The van der Waals surface area contributed by atoms with Gasteiger partial charge < -0.3 is 9.47 Å². The molecule has 2 N–H and O–H groups in total. The van der Waals surface area contributed by atoms with Crippen molar-refractivity contribution in [1.82, 2.24) is 10.6 Å². The Morgan fingerprint density at radius 1 is 0.800 bits per heavy atom. The molecule has 0 bridgehead atoms. The molecular formula is C18H19N3O4. The second-order valence-corrected chi connectivity index (χ2v) is 4.95. The molecule has 0 fully saturated rings. The lowest BCUT2D eigenvalue weighted by atomic mass is 10.2. The highest BCUT2D eigenvalue weighted by molar-refractivity contribution is 6.01. The van der Waals surface area contributed by atoms with Crippen molar-refractivity contribution in [3.63, 3.8) is 0 Å². The number of amides is 2. The van der Waals surface area contributed by atoms with Crippen molar-refractivity contribution >= 4 is 18.1 Å². The van der Waals surface area contributed by atoms with E-state index in [1.165, 1.54) is 7.05 Å². The molecule has 0 radical (unpaired) electrons. The largest absolute Gasteiger partial charge is 0.444 e. The number of alkyl carbamates (subject to hydrolysis) is 2. The Balaban J connectivity index is 1.73. The Kier molecular flexibility index (Phi) is 6.99. The Morgan fingerprint density at radius 3 is 1.56 bits per heavy atom. The summed E-state index contributed by atoms with van der Waals surface area (Å²) in [6.45, 7) is 0.226. The zero-order valence-corrected chi connectivity index (χ0v) is 13.8. The van der Waals surface area contributed by atoms with Crippen LogP contribution in [0.1, 0.15) is 11.1 Å². The number of hydrogen-bond acceptors (Lipinski definition) is 5. The minimum absolute atomic E-state index is 0.0591. The molecule has 130 valence electrons. The van der Waals surface area contributed by atoms with Gasteiger partial charge in [-0.15, -0.1) is 0 Å². The van der Waals surface area contributed by atoms with Crippen LogP contribution in [0.25, 0.3) is 0 Å². The van der Waals surface area contributed by atoms with E-state index < -0.39 is 12.2 Å². The monoisotopic (exact) mass is 341 g/mol. The SMILES string of the molecule is CN=C(NC(=O)OCc1ccccc1)NC(=O)OCc1ccccc1. The predicted octanol–water partition coefficient (Wildman–Crippen LogP) is 2.83. The number of hydrogen-bond donors (Lipinski definition) is 2. The lowest BCUT2D eigenvalue weighted by Crippen LogP contribution is -2.44. The Hall–Kier alpha value is -3.35. The van der Waals surface area contributed by atoms with Gasteiger partial charge in [-0.1, -0.05) is 60.7 Å². The van der Waals surface area contributed by atoms with Crippen LogP contribution in [0.2, 0.25) is 0 Å². The van der Waals surface area contributed by atoms with Crippen LogP contribution < -0.4 is 10.6 Å². The smallest absolute Gasteiger partial charge is 0.414 e. The van der Waals surface area contributed by atoms with E-state index in [1.54, 1.807) is 0 Å². The van der Waals surface area contributed by atoms with Gasteiger partial charge in [0.1, 0.15) is 13.2 Å². The first-order valence-corrected chi connectivity index (χ1v) is 7.59.